The van der Waals surface area contributed by atoms with Crippen LogP contribution in [0, 0.1) is 0 Å². The molecule has 1 aliphatic heterocycles. The Morgan fingerprint density at radius 1 is 1.44 bits per heavy atom. The van der Waals surface area contributed by atoms with E-state index in [1.54, 1.807) is 23.1 Å². The zero-order valence-electron chi connectivity index (χ0n) is 10.2. The lowest BCUT2D eigenvalue weighted by molar-refractivity contribution is -0.146. The van der Waals surface area contributed by atoms with E-state index < -0.39 is 6.04 Å². The van der Waals surface area contributed by atoms with Crippen molar-refractivity contribution in [1.82, 2.24) is 10.2 Å². The van der Waals surface area contributed by atoms with Crippen molar-refractivity contribution < 1.29 is 14.7 Å². The van der Waals surface area contributed by atoms with Crippen LogP contribution in [0.15, 0.2) is 24.3 Å². The summed E-state index contributed by atoms with van der Waals surface area (Å²) in [6.07, 6.45) is 0.580. The SMILES string of the molecule is CCC1C(=O)NCC(=O)N1Cc1cccc(O)c1. The number of nitrogens with zero attached hydrogens (tertiary/aromatic N) is 1. The molecule has 1 unspecified atom stereocenters. The van der Waals surface area contributed by atoms with E-state index in [1.807, 2.05) is 13.0 Å². The molecule has 0 aromatic heterocycles. The van der Waals surface area contributed by atoms with E-state index in [4.69, 9.17) is 0 Å². The second-order valence-electron chi connectivity index (χ2n) is 4.33. The summed E-state index contributed by atoms with van der Waals surface area (Å²) in [5, 5.41) is 12.0. The second-order valence-corrected chi connectivity index (χ2v) is 4.33. The average molecular weight is 248 g/mol. The lowest BCUT2D eigenvalue weighted by Crippen LogP contribution is -2.57. The largest absolute Gasteiger partial charge is 0.508 e. The van der Waals surface area contributed by atoms with Gasteiger partial charge in [-0.05, 0) is 24.1 Å². The maximum Gasteiger partial charge on any atom is 0.243 e. The van der Waals surface area contributed by atoms with E-state index in [9.17, 15) is 14.7 Å². The molecule has 2 amide bonds. The molecule has 0 aliphatic carbocycles. The molecule has 96 valence electrons. The van der Waals surface area contributed by atoms with Gasteiger partial charge in [0.1, 0.15) is 11.8 Å². The van der Waals surface area contributed by atoms with Crippen LogP contribution in [-0.4, -0.2) is 34.4 Å². The Labute approximate surface area is 105 Å². The van der Waals surface area contributed by atoms with Gasteiger partial charge in [0, 0.05) is 6.54 Å². The molecular weight excluding hydrogens is 232 g/mol. The molecule has 2 rings (SSSR count). The van der Waals surface area contributed by atoms with Crippen LogP contribution in [0.5, 0.6) is 5.75 Å². The van der Waals surface area contributed by atoms with Crippen molar-refractivity contribution in [3.05, 3.63) is 29.8 Å². The lowest BCUT2D eigenvalue weighted by atomic mass is 10.1. The van der Waals surface area contributed by atoms with Crippen molar-refractivity contribution in [1.29, 1.82) is 0 Å². The van der Waals surface area contributed by atoms with Crippen molar-refractivity contribution in [2.75, 3.05) is 6.54 Å². The van der Waals surface area contributed by atoms with E-state index >= 15 is 0 Å². The fourth-order valence-electron chi connectivity index (χ4n) is 2.15. The number of hydrogen-bond acceptors (Lipinski definition) is 3. The summed E-state index contributed by atoms with van der Waals surface area (Å²) in [5.41, 5.74) is 0.816. The number of amides is 2. The number of phenolic OH excluding ortho intramolecular Hbond substituents is 1. The summed E-state index contributed by atoms with van der Waals surface area (Å²) in [6.45, 7) is 2.27. The minimum absolute atomic E-state index is 0.0498. The highest BCUT2D eigenvalue weighted by molar-refractivity contribution is 5.94. The quantitative estimate of drug-likeness (QED) is 0.824. The van der Waals surface area contributed by atoms with E-state index in [0.29, 0.717) is 13.0 Å². The zero-order chi connectivity index (χ0) is 13.1. The number of carbonyl (C=O) groups is 2. The molecule has 1 aliphatic rings. The van der Waals surface area contributed by atoms with Crippen LogP contribution in [-0.2, 0) is 16.1 Å². The molecule has 18 heavy (non-hydrogen) atoms. The molecule has 1 aromatic carbocycles. The second kappa shape index (κ2) is 5.08. The summed E-state index contributed by atoms with van der Waals surface area (Å²) in [5.74, 6) is -0.0449. The van der Waals surface area contributed by atoms with Crippen LogP contribution in [0.1, 0.15) is 18.9 Å². The molecule has 1 aromatic rings. The molecule has 1 fully saturated rings. The summed E-state index contributed by atoms with van der Waals surface area (Å²) in [7, 11) is 0. The third-order valence-corrected chi connectivity index (χ3v) is 3.06. The molecule has 5 heteroatoms. The van der Waals surface area contributed by atoms with Crippen molar-refractivity contribution in [3.63, 3.8) is 0 Å². The van der Waals surface area contributed by atoms with Gasteiger partial charge in [0.2, 0.25) is 11.8 Å². The molecule has 0 saturated carbocycles. The predicted molar refractivity (Wildman–Crippen MR) is 65.7 cm³/mol. The van der Waals surface area contributed by atoms with Crippen LogP contribution < -0.4 is 5.32 Å². The first-order valence-corrected chi connectivity index (χ1v) is 5.97. The molecule has 1 saturated heterocycles. The minimum Gasteiger partial charge on any atom is -0.508 e. The van der Waals surface area contributed by atoms with Gasteiger partial charge >= 0.3 is 0 Å². The van der Waals surface area contributed by atoms with Gasteiger partial charge in [-0.15, -0.1) is 0 Å². The van der Waals surface area contributed by atoms with Gasteiger partial charge in [-0.25, -0.2) is 0 Å². The summed E-state index contributed by atoms with van der Waals surface area (Å²) >= 11 is 0. The van der Waals surface area contributed by atoms with Gasteiger partial charge in [-0.2, -0.15) is 0 Å². The average Bonchev–Trinajstić information content (AvgIpc) is 2.34. The Morgan fingerprint density at radius 2 is 2.22 bits per heavy atom. The first-order valence-electron chi connectivity index (χ1n) is 5.97. The van der Waals surface area contributed by atoms with Crippen LogP contribution in [0.2, 0.25) is 0 Å². The zero-order valence-corrected chi connectivity index (χ0v) is 10.2. The van der Waals surface area contributed by atoms with Gasteiger partial charge in [0.25, 0.3) is 0 Å². The summed E-state index contributed by atoms with van der Waals surface area (Å²) in [6, 6.07) is 6.30. The number of rotatable bonds is 3. The first kappa shape index (κ1) is 12.4. The summed E-state index contributed by atoms with van der Waals surface area (Å²) < 4.78 is 0. The highest BCUT2D eigenvalue weighted by Crippen LogP contribution is 2.17. The van der Waals surface area contributed by atoms with Crippen molar-refractivity contribution in [2.45, 2.75) is 25.9 Å². The third-order valence-electron chi connectivity index (χ3n) is 3.06. The number of carbonyl (C=O) groups excluding carboxylic acids is 2. The van der Waals surface area contributed by atoms with Gasteiger partial charge in [0.05, 0.1) is 6.54 Å². The van der Waals surface area contributed by atoms with E-state index in [1.165, 1.54) is 0 Å². The number of piperazine rings is 1. The molecule has 2 N–H and O–H groups in total. The fourth-order valence-corrected chi connectivity index (χ4v) is 2.15. The molecule has 0 spiro atoms. The Hall–Kier alpha value is -2.04. The predicted octanol–water partition coefficient (Wildman–Crippen LogP) is 0.629. The molecule has 1 atom stereocenters. The fraction of sp³-hybridized carbons (Fsp3) is 0.385. The van der Waals surface area contributed by atoms with Gasteiger partial charge in [-0.3, -0.25) is 9.59 Å². The monoisotopic (exact) mass is 248 g/mol. The number of hydrogen-bond donors (Lipinski definition) is 2. The molecule has 0 radical (unpaired) electrons. The van der Waals surface area contributed by atoms with Crippen molar-refractivity contribution in [3.8, 4) is 5.75 Å². The molecule has 5 nitrogen and oxygen atoms in total. The van der Waals surface area contributed by atoms with E-state index in [-0.39, 0.29) is 24.1 Å². The highest BCUT2D eigenvalue weighted by Gasteiger charge is 2.32. The van der Waals surface area contributed by atoms with Gasteiger partial charge < -0.3 is 15.3 Å². The van der Waals surface area contributed by atoms with E-state index in [2.05, 4.69) is 5.32 Å². The number of phenols is 1. The molecular formula is C13H16N2O3. The van der Waals surface area contributed by atoms with Crippen LogP contribution in [0.25, 0.3) is 0 Å². The van der Waals surface area contributed by atoms with Crippen LogP contribution >= 0.6 is 0 Å². The molecule has 0 bridgehead atoms. The Bertz CT molecular complexity index is 473. The standard InChI is InChI=1S/C13H16N2O3/c1-2-11-13(18)14-7-12(17)15(11)8-9-4-3-5-10(16)6-9/h3-6,11,16H,2,7-8H2,1H3,(H,14,18). The van der Waals surface area contributed by atoms with Crippen LogP contribution in [0.4, 0.5) is 0 Å². The smallest absolute Gasteiger partial charge is 0.243 e. The molecule has 1 heterocycles. The van der Waals surface area contributed by atoms with Gasteiger partial charge in [0.15, 0.2) is 0 Å². The normalized spacial score (nSPS) is 19.8. The topological polar surface area (TPSA) is 69.6 Å². The number of aromatic hydroxyl groups is 1. The van der Waals surface area contributed by atoms with E-state index in [0.717, 1.165) is 5.56 Å². The van der Waals surface area contributed by atoms with Crippen LogP contribution in [0.3, 0.4) is 0 Å². The highest BCUT2D eigenvalue weighted by atomic mass is 16.3. The first-order chi connectivity index (χ1) is 8.61. The van der Waals surface area contributed by atoms with Gasteiger partial charge in [-0.1, -0.05) is 19.1 Å². The van der Waals surface area contributed by atoms with Crippen molar-refractivity contribution >= 4 is 11.8 Å². The minimum atomic E-state index is -0.423. The maximum atomic E-state index is 11.8. The lowest BCUT2D eigenvalue weighted by Gasteiger charge is -2.34. The maximum absolute atomic E-state index is 11.8. The third kappa shape index (κ3) is 2.45. The van der Waals surface area contributed by atoms with Crippen molar-refractivity contribution in [2.24, 2.45) is 0 Å². The number of nitrogens with one attached hydrogen (secondary N) is 1. The summed E-state index contributed by atoms with van der Waals surface area (Å²) in [4.78, 5) is 25.1. The Kier molecular flexibility index (Phi) is 3.50. The Balaban J connectivity index is 2.19. The Morgan fingerprint density at radius 3 is 2.89 bits per heavy atom. The number of benzene rings is 1.